The third kappa shape index (κ3) is 4.03. The van der Waals surface area contributed by atoms with Crippen molar-refractivity contribution in [3.8, 4) is 11.5 Å². The zero-order valence-electron chi connectivity index (χ0n) is 13.9. The third-order valence-corrected chi connectivity index (χ3v) is 3.78. The number of methoxy groups -OCH3 is 1. The molecule has 122 valence electrons. The first-order valence-corrected chi connectivity index (χ1v) is 7.45. The molecule has 0 unspecified atom stereocenters. The van der Waals surface area contributed by atoms with Crippen molar-refractivity contribution in [2.45, 2.75) is 20.8 Å². The molecular weight excluding hydrogens is 292 g/mol. The monoisotopic (exact) mass is 314 g/mol. The number of aliphatic carboxylic acids is 1. The number of hydrogen-bond donors (Lipinski definition) is 1. The fourth-order valence-corrected chi connectivity index (χ4v) is 2.40. The summed E-state index contributed by atoms with van der Waals surface area (Å²) in [5.41, 5.74) is 2.51. The van der Waals surface area contributed by atoms with Crippen molar-refractivity contribution in [2.75, 3.05) is 13.7 Å². The summed E-state index contributed by atoms with van der Waals surface area (Å²) in [7, 11) is 1.62. The third-order valence-electron chi connectivity index (χ3n) is 3.78. The number of carboxylic acid groups (broad SMARTS) is 1. The van der Waals surface area contributed by atoms with Gasteiger partial charge in [0.2, 0.25) is 0 Å². The van der Waals surface area contributed by atoms with Crippen LogP contribution in [0.3, 0.4) is 0 Å². The molecule has 0 saturated heterocycles. The topological polar surface area (TPSA) is 55.8 Å². The van der Waals surface area contributed by atoms with Gasteiger partial charge in [0, 0.05) is 17.1 Å². The molecule has 0 amide bonds. The van der Waals surface area contributed by atoms with Crippen LogP contribution in [-0.2, 0) is 4.79 Å². The number of carbonyl (C=O) groups is 1. The van der Waals surface area contributed by atoms with Crippen LogP contribution in [0.5, 0.6) is 11.5 Å². The lowest BCUT2D eigenvalue weighted by atomic mass is 9.84. The van der Waals surface area contributed by atoms with Crippen LogP contribution in [0, 0.1) is 5.41 Å². The smallest absolute Gasteiger partial charge is 0.328 e. The maximum Gasteiger partial charge on any atom is 0.328 e. The molecule has 23 heavy (non-hydrogen) atoms. The highest BCUT2D eigenvalue weighted by atomic mass is 16.5. The van der Waals surface area contributed by atoms with Crippen LogP contribution in [0.15, 0.2) is 47.6 Å². The number of rotatable bonds is 4. The van der Waals surface area contributed by atoms with Crippen LogP contribution < -0.4 is 9.47 Å². The maximum absolute atomic E-state index is 10.7. The van der Waals surface area contributed by atoms with Crippen LogP contribution in [0.2, 0.25) is 0 Å². The summed E-state index contributed by atoms with van der Waals surface area (Å²) in [5.74, 6) is 0.505. The fraction of sp³-hybridized carbons (Fsp3) is 0.316. The van der Waals surface area contributed by atoms with E-state index in [-0.39, 0.29) is 5.41 Å². The first kappa shape index (κ1) is 16.9. The molecule has 0 fully saturated rings. The molecule has 1 heterocycles. The van der Waals surface area contributed by atoms with Crippen LogP contribution in [0.25, 0.3) is 6.08 Å². The maximum atomic E-state index is 10.7. The number of fused-ring (bicyclic) bond motifs is 1. The van der Waals surface area contributed by atoms with E-state index in [1.165, 1.54) is 6.08 Å². The van der Waals surface area contributed by atoms with Crippen molar-refractivity contribution in [2.24, 2.45) is 5.41 Å². The Morgan fingerprint density at radius 2 is 2.13 bits per heavy atom. The Hall–Kier alpha value is -2.49. The minimum Gasteiger partial charge on any atom is -0.493 e. The molecule has 1 aliphatic rings. The lowest BCUT2D eigenvalue weighted by Gasteiger charge is -2.24. The summed E-state index contributed by atoms with van der Waals surface area (Å²) < 4.78 is 11.3. The summed E-state index contributed by atoms with van der Waals surface area (Å²) in [6.45, 7) is 6.47. The van der Waals surface area contributed by atoms with Crippen molar-refractivity contribution < 1.29 is 19.4 Å². The van der Waals surface area contributed by atoms with E-state index in [0.29, 0.717) is 17.9 Å². The zero-order chi connectivity index (χ0) is 17.0. The summed E-state index contributed by atoms with van der Waals surface area (Å²) >= 11 is 0. The van der Waals surface area contributed by atoms with Gasteiger partial charge < -0.3 is 14.6 Å². The van der Waals surface area contributed by atoms with Crippen molar-refractivity contribution in [1.29, 1.82) is 0 Å². The van der Waals surface area contributed by atoms with Gasteiger partial charge in [-0.15, -0.1) is 0 Å². The average Bonchev–Trinajstić information content (AvgIpc) is 2.60. The van der Waals surface area contributed by atoms with Crippen molar-refractivity contribution >= 4 is 12.0 Å². The van der Waals surface area contributed by atoms with E-state index in [1.807, 2.05) is 30.4 Å². The normalized spacial score (nSPS) is 17.0. The molecule has 1 N–H and O–H groups in total. The molecular formula is C19H22O4. The van der Waals surface area contributed by atoms with Gasteiger partial charge in [-0.25, -0.2) is 4.79 Å². The van der Waals surface area contributed by atoms with Gasteiger partial charge in [-0.05, 0) is 30.2 Å². The molecule has 1 aromatic rings. The zero-order valence-corrected chi connectivity index (χ0v) is 13.9. The summed E-state index contributed by atoms with van der Waals surface area (Å²) in [6, 6.07) is 5.78. The molecule has 1 aliphatic heterocycles. The molecule has 0 aromatic heterocycles. The first-order valence-electron chi connectivity index (χ1n) is 7.45. The van der Waals surface area contributed by atoms with E-state index in [0.717, 1.165) is 16.9 Å². The molecule has 4 heteroatoms. The molecule has 2 rings (SSSR count). The Balaban J connectivity index is 2.44. The summed E-state index contributed by atoms with van der Waals surface area (Å²) in [4.78, 5) is 10.7. The quantitative estimate of drug-likeness (QED) is 0.672. The number of para-hydroxylation sites is 1. The van der Waals surface area contributed by atoms with E-state index in [2.05, 4.69) is 19.9 Å². The van der Waals surface area contributed by atoms with E-state index < -0.39 is 5.97 Å². The van der Waals surface area contributed by atoms with E-state index in [4.69, 9.17) is 14.6 Å². The SMILES string of the molecule is COc1cccc2c1OCC(C)(C)C(/C=C/C(C)=C/C(=O)O)=C2. The predicted molar refractivity (Wildman–Crippen MR) is 90.8 cm³/mol. The lowest BCUT2D eigenvalue weighted by molar-refractivity contribution is -0.131. The number of allylic oxidation sites excluding steroid dienone is 3. The largest absolute Gasteiger partial charge is 0.493 e. The standard InChI is InChI=1S/C19H22O4/c1-13(10-17(20)21)8-9-15-11-14-6-5-7-16(22-4)18(14)23-12-19(15,2)3/h5-11H,12H2,1-4H3,(H,20,21)/b9-8+,13-10+. The number of ether oxygens (including phenoxy) is 2. The van der Waals surface area contributed by atoms with Crippen molar-refractivity contribution in [3.05, 3.63) is 53.1 Å². The first-order chi connectivity index (χ1) is 10.8. The van der Waals surface area contributed by atoms with E-state index >= 15 is 0 Å². The van der Waals surface area contributed by atoms with Gasteiger partial charge in [-0.1, -0.05) is 38.1 Å². The van der Waals surface area contributed by atoms with E-state index in [1.54, 1.807) is 14.0 Å². The van der Waals surface area contributed by atoms with Gasteiger partial charge in [-0.2, -0.15) is 0 Å². The van der Waals surface area contributed by atoms with Gasteiger partial charge in [0.1, 0.15) is 0 Å². The van der Waals surface area contributed by atoms with Crippen molar-refractivity contribution in [1.82, 2.24) is 0 Å². The highest BCUT2D eigenvalue weighted by Gasteiger charge is 2.27. The van der Waals surface area contributed by atoms with Gasteiger partial charge in [-0.3, -0.25) is 0 Å². The van der Waals surface area contributed by atoms with Gasteiger partial charge in [0.15, 0.2) is 11.5 Å². The minimum atomic E-state index is -0.945. The van der Waals surface area contributed by atoms with Gasteiger partial charge in [0.05, 0.1) is 13.7 Å². The van der Waals surface area contributed by atoms with Gasteiger partial charge >= 0.3 is 5.97 Å². The van der Waals surface area contributed by atoms with Crippen molar-refractivity contribution in [3.63, 3.8) is 0 Å². The van der Waals surface area contributed by atoms with E-state index in [9.17, 15) is 4.79 Å². The highest BCUT2D eigenvalue weighted by Crippen LogP contribution is 2.40. The minimum absolute atomic E-state index is 0.204. The summed E-state index contributed by atoms with van der Waals surface area (Å²) in [6.07, 6.45) is 7.02. The molecule has 0 saturated carbocycles. The second-order valence-corrected chi connectivity index (χ2v) is 6.21. The average molecular weight is 314 g/mol. The van der Waals surface area contributed by atoms with Crippen LogP contribution in [0.4, 0.5) is 0 Å². The fourth-order valence-electron chi connectivity index (χ4n) is 2.40. The second-order valence-electron chi connectivity index (χ2n) is 6.21. The number of benzene rings is 1. The van der Waals surface area contributed by atoms with Crippen LogP contribution >= 0.6 is 0 Å². The Kier molecular flexibility index (Phi) is 4.94. The Labute approximate surface area is 136 Å². The molecule has 0 spiro atoms. The highest BCUT2D eigenvalue weighted by molar-refractivity contribution is 5.81. The van der Waals surface area contributed by atoms with Crippen LogP contribution in [-0.4, -0.2) is 24.8 Å². The number of carboxylic acids is 1. The predicted octanol–water partition coefficient (Wildman–Crippen LogP) is 4.08. The Morgan fingerprint density at radius 3 is 2.78 bits per heavy atom. The Bertz CT molecular complexity index is 693. The van der Waals surface area contributed by atoms with Crippen LogP contribution in [0.1, 0.15) is 26.3 Å². The van der Waals surface area contributed by atoms with Gasteiger partial charge in [0.25, 0.3) is 0 Å². The molecule has 0 bridgehead atoms. The molecule has 0 atom stereocenters. The summed E-state index contributed by atoms with van der Waals surface area (Å²) in [5, 5.41) is 8.80. The molecule has 4 nitrogen and oxygen atoms in total. The molecule has 1 aromatic carbocycles. The Morgan fingerprint density at radius 1 is 1.39 bits per heavy atom. The molecule has 0 aliphatic carbocycles. The second kappa shape index (κ2) is 6.73. The lowest BCUT2D eigenvalue weighted by Crippen LogP contribution is -2.22. The molecule has 0 radical (unpaired) electrons. The number of hydrogen-bond acceptors (Lipinski definition) is 3.